The first kappa shape index (κ1) is 23.5. The number of carbonyl (C=O) groups is 2. The molecule has 0 atom stereocenters. The van der Waals surface area contributed by atoms with Gasteiger partial charge in [0.25, 0.3) is 17.5 Å². The lowest BCUT2D eigenvalue weighted by molar-refractivity contribution is -0.384. The van der Waals surface area contributed by atoms with Gasteiger partial charge < -0.3 is 10.6 Å². The number of hydrogen-bond donors (Lipinski definition) is 2. The first-order valence-electron chi connectivity index (χ1n) is 9.03. The van der Waals surface area contributed by atoms with E-state index in [1.165, 1.54) is 36.4 Å². The molecule has 3 rings (SSSR count). The highest BCUT2D eigenvalue weighted by Gasteiger charge is 2.18. The maximum atomic E-state index is 13.0. The molecule has 0 radical (unpaired) electrons. The molecule has 10 heteroatoms. The normalized spacial score (nSPS) is 11.0. The molecule has 0 unspecified atom stereocenters. The lowest BCUT2D eigenvalue weighted by Crippen LogP contribution is -2.31. The molecule has 0 aromatic heterocycles. The Hall–Kier alpha value is -3.20. The molecular weight excluding hydrogens is 521 g/mol. The van der Waals surface area contributed by atoms with Gasteiger partial charge in [0, 0.05) is 21.6 Å². The average Bonchev–Trinajstić information content (AvgIpc) is 2.75. The van der Waals surface area contributed by atoms with Crippen LogP contribution in [0.4, 0.5) is 11.4 Å². The highest BCUT2D eigenvalue weighted by atomic mass is 79.9. The summed E-state index contributed by atoms with van der Waals surface area (Å²) in [6, 6.07) is 16.9. The van der Waals surface area contributed by atoms with Crippen molar-refractivity contribution in [2.24, 2.45) is 0 Å². The number of nitro groups is 1. The molecule has 0 aliphatic rings. The fourth-order valence-electron chi connectivity index (χ4n) is 2.67. The van der Waals surface area contributed by atoms with E-state index in [1.807, 2.05) is 0 Å². The summed E-state index contributed by atoms with van der Waals surface area (Å²) < 4.78 is 0.536. The van der Waals surface area contributed by atoms with Gasteiger partial charge in [-0.05, 0) is 57.9 Å². The van der Waals surface area contributed by atoms with Crippen molar-refractivity contribution in [2.75, 3.05) is 5.32 Å². The van der Waals surface area contributed by atoms with E-state index in [9.17, 15) is 19.7 Å². The van der Waals surface area contributed by atoms with Crippen LogP contribution in [0, 0.1) is 10.1 Å². The van der Waals surface area contributed by atoms with E-state index >= 15 is 0 Å². The number of non-ortho nitro benzene ring substituents is 1. The van der Waals surface area contributed by atoms with Crippen LogP contribution in [0.2, 0.25) is 10.0 Å². The Morgan fingerprint density at radius 1 is 1.00 bits per heavy atom. The van der Waals surface area contributed by atoms with Crippen LogP contribution in [0.15, 0.2) is 76.9 Å². The number of amides is 2. The van der Waals surface area contributed by atoms with Gasteiger partial charge in [-0.2, -0.15) is 0 Å². The Labute approximate surface area is 201 Å². The number of nitro benzene ring substituents is 1. The van der Waals surface area contributed by atoms with Gasteiger partial charge >= 0.3 is 0 Å². The van der Waals surface area contributed by atoms with Crippen molar-refractivity contribution in [3.63, 3.8) is 0 Å². The largest absolute Gasteiger partial charge is 0.319 e. The first-order valence-corrected chi connectivity index (χ1v) is 10.6. The lowest BCUT2D eigenvalue weighted by Gasteiger charge is -2.13. The molecule has 162 valence electrons. The van der Waals surface area contributed by atoms with E-state index in [2.05, 4.69) is 26.6 Å². The minimum Gasteiger partial charge on any atom is -0.319 e. The van der Waals surface area contributed by atoms with Crippen LogP contribution in [-0.2, 0) is 4.79 Å². The lowest BCUT2D eigenvalue weighted by atomic mass is 10.1. The Morgan fingerprint density at radius 2 is 1.75 bits per heavy atom. The molecule has 2 amide bonds. The number of rotatable bonds is 6. The fraction of sp³-hybridized carbons (Fsp3) is 0. The van der Waals surface area contributed by atoms with Gasteiger partial charge in [0.2, 0.25) is 0 Å². The molecule has 0 aliphatic heterocycles. The highest BCUT2D eigenvalue weighted by molar-refractivity contribution is 9.10. The predicted molar refractivity (Wildman–Crippen MR) is 128 cm³/mol. The fourth-order valence-corrected chi connectivity index (χ4v) is 3.59. The van der Waals surface area contributed by atoms with E-state index in [0.717, 1.165) is 0 Å². The summed E-state index contributed by atoms with van der Waals surface area (Å²) >= 11 is 15.3. The molecule has 3 aromatic rings. The second kappa shape index (κ2) is 10.4. The van der Waals surface area contributed by atoms with Crippen molar-refractivity contribution >= 4 is 68.4 Å². The summed E-state index contributed by atoms with van der Waals surface area (Å²) in [5, 5.41) is 16.9. The third-order valence-electron chi connectivity index (χ3n) is 4.18. The number of hydrogen-bond acceptors (Lipinski definition) is 4. The van der Waals surface area contributed by atoms with Crippen molar-refractivity contribution in [1.29, 1.82) is 0 Å². The van der Waals surface area contributed by atoms with Gasteiger partial charge in [0.05, 0.1) is 21.2 Å². The van der Waals surface area contributed by atoms with Crippen LogP contribution in [0.25, 0.3) is 6.08 Å². The maximum absolute atomic E-state index is 13.0. The zero-order valence-corrected chi connectivity index (χ0v) is 19.2. The second-order valence-electron chi connectivity index (χ2n) is 6.42. The number of halogens is 3. The summed E-state index contributed by atoms with van der Waals surface area (Å²) in [7, 11) is 0. The standard InChI is InChI=1S/C22H14BrCl2N3O4/c23-17-7-2-1-6-16(17)21(29)27-20(11-13-4-3-5-15(10-13)28(31)32)22(30)26-19-9-8-14(24)12-18(19)25/h1-12H,(H,26,30)(H,27,29)/b20-11-. The summed E-state index contributed by atoms with van der Waals surface area (Å²) in [6.45, 7) is 0. The molecular formula is C22H14BrCl2N3O4. The quantitative estimate of drug-likeness (QED) is 0.227. The smallest absolute Gasteiger partial charge is 0.272 e. The molecule has 32 heavy (non-hydrogen) atoms. The van der Waals surface area contributed by atoms with Gasteiger partial charge in [0.15, 0.2) is 0 Å². The van der Waals surface area contributed by atoms with Crippen LogP contribution in [0.1, 0.15) is 15.9 Å². The molecule has 2 N–H and O–H groups in total. The zero-order valence-electron chi connectivity index (χ0n) is 16.1. The van der Waals surface area contributed by atoms with Crippen LogP contribution >= 0.6 is 39.1 Å². The van der Waals surface area contributed by atoms with E-state index in [1.54, 1.807) is 36.4 Å². The van der Waals surface area contributed by atoms with Crippen molar-refractivity contribution in [1.82, 2.24) is 5.32 Å². The molecule has 0 fully saturated rings. The minimum absolute atomic E-state index is 0.141. The van der Waals surface area contributed by atoms with Crippen LogP contribution < -0.4 is 10.6 Å². The van der Waals surface area contributed by atoms with Gasteiger partial charge in [-0.1, -0.05) is 47.5 Å². The summed E-state index contributed by atoms with van der Waals surface area (Å²) in [6.07, 6.45) is 1.33. The molecule has 3 aromatic carbocycles. The van der Waals surface area contributed by atoms with E-state index in [-0.39, 0.29) is 22.1 Å². The Morgan fingerprint density at radius 3 is 2.44 bits per heavy atom. The predicted octanol–water partition coefficient (Wildman–Crippen LogP) is 6.07. The number of nitrogens with zero attached hydrogens (tertiary/aromatic N) is 1. The topological polar surface area (TPSA) is 101 Å². The Bertz CT molecular complexity index is 1250. The number of nitrogens with one attached hydrogen (secondary N) is 2. The van der Waals surface area contributed by atoms with Gasteiger partial charge in [-0.15, -0.1) is 0 Å². The van der Waals surface area contributed by atoms with Gasteiger partial charge in [-0.3, -0.25) is 19.7 Å². The van der Waals surface area contributed by atoms with Crippen molar-refractivity contribution in [3.8, 4) is 0 Å². The van der Waals surface area contributed by atoms with Crippen molar-refractivity contribution in [3.05, 3.63) is 108 Å². The van der Waals surface area contributed by atoms with Gasteiger partial charge in [0.1, 0.15) is 5.70 Å². The summed E-state index contributed by atoms with van der Waals surface area (Å²) in [4.78, 5) is 36.3. The SMILES string of the molecule is O=C(Nc1ccc(Cl)cc1Cl)/C(=C/c1cccc([N+](=O)[O-])c1)NC(=O)c1ccccc1Br. The van der Waals surface area contributed by atoms with Gasteiger partial charge in [-0.25, -0.2) is 0 Å². The van der Waals surface area contributed by atoms with E-state index < -0.39 is 16.7 Å². The van der Waals surface area contributed by atoms with E-state index in [0.29, 0.717) is 20.6 Å². The molecule has 7 nitrogen and oxygen atoms in total. The molecule has 0 aliphatic carbocycles. The third-order valence-corrected chi connectivity index (χ3v) is 5.42. The minimum atomic E-state index is -0.680. The maximum Gasteiger partial charge on any atom is 0.272 e. The monoisotopic (exact) mass is 533 g/mol. The first-order chi connectivity index (χ1) is 15.2. The van der Waals surface area contributed by atoms with E-state index in [4.69, 9.17) is 23.2 Å². The number of benzene rings is 3. The number of carbonyl (C=O) groups excluding carboxylic acids is 2. The summed E-state index contributed by atoms with van der Waals surface area (Å²) in [5.74, 6) is -1.23. The molecule has 0 bridgehead atoms. The Balaban J connectivity index is 1.97. The molecule has 0 heterocycles. The highest BCUT2D eigenvalue weighted by Crippen LogP contribution is 2.26. The average molecular weight is 535 g/mol. The van der Waals surface area contributed by atoms with Crippen molar-refractivity contribution < 1.29 is 14.5 Å². The van der Waals surface area contributed by atoms with Crippen LogP contribution in [0.3, 0.4) is 0 Å². The molecule has 0 saturated carbocycles. The molecule has 0 saturated heterocycles. The zero-order chi connectivity index (χ0) is 23.3. The second-order valence-corrected chi connectivity index (χ2v) is 8.12. The Kier molecular flexibility index (Phi) is 7.63. The van der Waals surface area contributed by atoms with Crippen LogP contribution in [0.5, 0.6) is 0 Å². The third kappa shape index (κ3) is 5.94. The summed E-state index contributed by atoms with van der Waals surface area (Å²) in [5.41, 5.74) is 0.628. The molecule has 0 spiro atoms. The number of anilines is 1. The van der Waals surface area contributed by atoms with Crippen LogP contribution in [-0.4, -0.2) is 16.7 Å². The van der Waals surface area contributed by atoms with Crippen molar-refractivity contribution in [2.45, 2.75) is 0 Å².